The molecule has 2 aliphatic rings. The van der Waals surface area contributed by atoms with Crippen molar-refractivity contribution in [2.75, 3.05) is 18.0 Å². The molecule has 1 saturated carbocycles. The number of nitrogens with zero attached hydrogens (tertiary/aromatic N) is 2. The van der Waals surface area contributed by atoms with E-state index in [-0.39, 0.29) is 0 Å². The molecule has 0 bridgehead atoms. The Kier molecular flexibility index (Phi) is 5.36. The molecule has 1 aliphatic carbocycles. The second-order valence-electron chi connectivity index (χ2n) is 6.87. The smallest absolute Gasteiger partial charge is 0.0468 e. The normalized spacial score (nSPS) is 22.1. The summed E-state index contributed by atoms with van der Waals surface area (Å²) >= 11 is 0. The summed E-state index contributed by atoms with van der Waals surface area (Å²) in [4.78, 5) is 2.46. The molecule has 1 N–H and O–H groups in total. The number of hydrogen-bond donors (Lipinski definition) is 1. The fourth-order valence-electron chi connectivity index (χ4n) is 3.97. The van der Waals surface area contributed by atoms with Gasteiger partial charge in [-0.3, -0.25) is 0 Å². The average Bonchev–Trinajstić information content (AvgIpc) is 2.85. The highest BCUT2D eigenvalue weighted by Crippen LogP contribution is 2.33. The van der Waals surface area contributed by atoms with Gasteiger partial charge in [-0.15, -0.1) is 5.16 Å². The molecule has 0 radical (unpaired) electrons. The summed E-state index contributed by atoms with van der Waals surface area (Å²) in [7, 11) is 0. The first kappa shape index (κ1) is 15.4. The van der Waals surface area contributed by atoms with Crippen molar-refractivity contribution in [2.24, 2.45) is 11.1 Å². The van der Waals surface area contributed by atoms with E-state index in [4.69, 9.17) is 5.21 Å². The number of benzene rings is 1. The van der Waals surface area contributed by atoms with E-state index in [0.29, 0.717) is 5.92 Å². The number of oxime groups is 1. The molecule has 0 unspecified atom stereocenters. The third-order valence-corrected chi connectivity index (χ3v) is 5.40. The molecule has 1 aliphatic heterocycles. The lowest BCUT2D eigenvalue weighted by Crippen LogP contribution is -2.34. The number of anilines is 1. The highest BCUT2D eigenvalue weighted by molar-refractivity contribution is 5.61. The van der Waals surface area contributed by atoms with Crippen LogP contribution in [0, 0.1) is 5.92 Å². The van der Waals surface area contributed by atoms with Crippen LogP contribution in [0.1, 0.15) is 62.8 Å². The highest BCUT2D eigenvalue weighted by Gasteiger charge is 2.19. The third-order valence-electron chi connectivity index (χ3n) is 5.40. The Labute approximate surface area is 134 Å². The zero-order valence-electron chi connectivity index (χ0n) is 13.5. The summed E-state index contributed by atoms with van der Waals surface area (Å²) in [6, 6.07) is 9.32. The van der Waals surface area contributed by atoms with Crippen LogP contribution in [0.5, 0.6) is 0 Å². The molecule has 120 valence electrons. The van der Waals surface area contributed by atoms with Gasteiger partial charge in [0.1, 0.15) is 0 Å². The molecule has 1 heterocycles. The van der Waals surface area contributed by atoms with Crippen LogP contribution in [0.2, 0.25) is 0 Å². The SMILES string of the molecule is ON=CC1CCN(c2ccc(C3CCCCCC3)cc2)CC1. The minimum absolute atomic E-state index is 0.437. The molecular weight excluding hydrogens is 272 g/mol. The first-order valence-electron chi connectivity index (χ1n) is 8.89. The van der Waals surface area contributed by atoms with Crippen molar-refractivity contribution in [3.05, 3.63) is 29.8 Å². The van der Waals surface area contributed by atoms with E-state index >= 15 is 0 Å². The lowest BCUT2D eigenvalue weighted by Gasteiger charge is -2.32. The van der Waals surface area contributed by atoms with Gasteiger partial charge < -0.3 is 10.1 Å². The molecule has 1 aromatic carbocycles. The topological polar surface area (TPSA) is 35.8 Å². The van der Waals surface area contributed by atoms with Crippen LogP contribution in [0.3, 0.4) is 0 Å². The maximum absolute atomic E-state index is 8.63. The number of rotatable bonds is 3. The van der Waals surface area contributed by atoms with Crippen LogP contribution in [0.15, 0.2) is 29.4 Å². The van der Waals surface area contributed by atoms with Gasteiger partial charge in [0.2, 0.25) is 0 Å². The van der Waals surface area contributed by atoms with Crippen molar-refractivity contribution < 1.29 is 5.21 Å². The summed E-state index contributed by atoms with van der Waals surface area (Å²) in [5.74, 6) is 1.22. The molecule has 2 fully saturated rings. The van der Waals surface area contributed by atoms with E-state index in [0.717, 1.165) is 31.8 Å². The average molecular weight is 300 g/mol. The first-order chi connectivity index (χ1) is 10.9. The quantitative estimate of drug-likeness (QED) is 0.377. The van der Waals surface area contributed by atoms with Gasteiger partial charge in [-0.25, -0.2) is 0 Å². The lowest BCUT2D eigenvalue weighted by atomic mass is 9.91. The molecule has 3 heteroatoms. The van der Waals surface area contributed by atoms with E-state index in [9.17, 15) is 0 Å². The van der Waals surface area contributed by atoms with Gasteiger partial charge in [-0.1, -0.05) is 37.8 Å². The van der Waals surface area contributed by atoms with Crippen molar-refractivity contribution in [2.45, 2.75) is 57.3 Å². The number of piperidine rings is 1. The Hall–Kier alpha value is -1.51. The van der Waals surface area contributed by atoms with Crippen LogP contribution in [-0.2, 0) is 0 Å². The van der Waals surface area contributed by atoms with Crippen molar-refractivity contribution in [1.29, 1.82) is 0 Å². The summed E-state index contributed by atoms with van der Waals surface area (Å²) in [6.45, 7) is 2.11. The molecule has 0 spiro atoms. The fraction of sp³-hybridized carbons (Fsp3) is 0.632. The molecule has 3 rings (SSSR count). The highest BCUT2D eigenvalue weighted by atomic mass is 16.4. The predicted molar refractivity (Wildman–Crippen MR) is 92.1 cm³/mol. The van der Waals surface area contributed by atoms with Gasteiger partial charge in [0, 0.05) is 30.9 Å². The Morgan fingerprint density at radius 1 is 0.909 bits per heavy atom. The van der Waals surface area contributed by atoms with Crippen molar-refractivity contribution >= 4 is 11.9 Å². The zero-order valence-corrected chi connectivity index (χ0v) is 13.5. The second-order valence-corrected chi connectivity index (χ2v) is 6.87. The molecule has 0 amide bonds. The van der Waals surface area contributed by atoms with Gasteiger partial charge in [-0.05, 0) is 49.3 Å². The Bertz CT molecular complexity index is 467. The summed E-state index contributed by atoms with van der Waals surface area (Å²) < 4.78 is 0. The van der Waals surface area contributed by atoms with Gasteiger partial charge in [0.05, 0.1) is 0 Å². The van der Waals surface area contributed by atoms with E-state index < -0.39 is 0 Å². The number of hydrogen-bond acceptors (Lipinski definition) is 3. The fourth-order valence-corrected chi connectivity index (χ4v) is 3.97. The predicted octanol–water partition coefficient (Wildman–Crippen LogP) is 4.80. The van der Waals surface area contributed by atoms with Crippen molar-refractivity contribution in [3.63, 3.8) is 0 Å². The Morgan fingerprint density at radius 2 is 1.55 bits per heavy atom. The first-order valence-corrected chi connectivity index (χ1v) is 8.89. The molecule has 1 saturated heterocycles. The van der Waals surface area contributed by atoms with Gasteiger partial charge in [0.25, 0.3) is 0 Å². The van der Waals surface area contributed by atoms with E-state index in [1.807, 2.05) is 0 Å². The van der Waals surface area contributed by atoms with Crippen LogP contribution in [-0.4, -0.2) is 24.5 Å². The van der Waals surface area contributed by atoms with Gasteiger partial charge in [0.15, 0.2) is 0 Å². The van der Waals surface area contributed by atoms with E-state index in [1.54, 1.807) is 6.21 Å². The Morgan fingerprint density at radius 3 is 2.14 bits per heavy atom. The molecule has 1 aromatic rings. The largest absolute Gasteiger partial charge is 0.411 e. The maximum Gasteiger partial charge on any atom is 0.0468 e. The van der Waals surface area contributed by atoms with E-state index in [1.165, 1.54) is 49.8 Å². The summed E-state index contributed by atoms with van der Waals surface area (Å²) in [6.07, 6.45) is 12.2. The zero-order chi connectivity index (χ0) is 15.2. The van der Waals surface area contributed by atoms with E-state index in [2.05, 4.69) is 34.3 Å². The van der Waals surface area contributed by atoms with Crippen LogP contribution in [0.25, 0.3) is 0 Å². The third kappa shape index (κ3) is 3.82. The second kappa shape index (κ2) is 7.66. The molecular formula is C19H28N2O. The maximum atomic E-state index is 8.63. The summed E-state index contributed by atoms with van der Waals surface area (Å²) in [5.41, 5.74) is 2.88. The van der Waals surface area contributed by atoms with Crippen LogP contribution in [0.4, 0.5) is 5.69 Å². The molecule has 0 aromatic heterocycles. The van der Waals surface area contributed by atoms with Gasteiger partial charge >= 0.3 is 0 Å². The van der Waals surface area contributed by atoms with Crippen LogP contribution < -0.4 is 4.90 Å². The standard InChI is InChI=1S/C19H28N2O/c22-20-15-16-11-13-21(14-12-16)19-9-7-18(8-10-19)17-5-3-1-2-4-6-17/h7-10,15-17,22H,1-6,11-14H2. The monoisotopic (exact) mass is 300 g/mol. The van der Waals surface area contributed by atoms with Crippen LogP contribution >= 0.6 is 0 Å². The molecule has 0 atom stereocenters. The van der Waals surface area contributed by atoms with Crippen molar-refractivity contribution in [1.82, 2.24) is 0 Å². The van der Waals surface area contributed by atoms with Crippen molar-refractivity contribution in [3.8, 4) is 0 Å². The molecule has 3 nitrogen and oxygen atoms in total. The minimum Gasteiger partial charge on any atom is -0.411 e. The lowest BCUT2D eigenvalue weighted by molar-refractivity contribution is 0.316. The molecule has 22 heavy (non-hydrogen) atoms. The van der Waals surface area contributed by atoms with Gasteiger partial charge in [-0.2, -0.15) is 0 Å². The minimum atomic E-state index is 0.437. The Balaban J connectivity index is 1.59. The summed E-state index contributed by atoms with van der Waals surface area (Å²) in [5, 5.41) is 11.8.